The number of hydrogen-bond acceptors (Lipinski definition) is 7. The highest BCUT2D eigenvalue weighted by Gasteiger charge is 2.57. The molecule has 9 nitrogen and oxygen atoms in total. The second-order valence-electron chi connectivity index (χ2n) is 5.64. The SMILES string of the molecule is COC(=O)[C@@H]1O[C@@]2(CNC(=O)OCc3ccccc3)CNC(=O)[C@@H]1O2. The molecular weight excluding hydrogens is 332 g/mol. The van der Waals surface area contributed by atoms with E-state index in [4.69, 9.17) is 14.2 Å². The lowest BCUT2D eigenvalue weighted by molar-refractivity contribution is -0.189. The molecule has 2 aliphatic heterocycles. The summed E-state index contributed by atoms with van der Waals surface area (Å²) in [7, 11) is 1.19. The van der Waals surface area contributed by atoms with E-state index >= 15 is 0 Å². The molecule has 3 atom stereocenters. The number of carbonyl (C=O) groups is 3. The number of amides is 2. The van der Waals surface area contributed by atoms with Crippen molar-refractivity contribution in [1.82, 2.24) is 10.6 Å². The summed E-state index contributed by atoms with van der Waals surface area (Å²) in [5.74, 6) is -2.51. The Labute approximate surface area is 143 Å². The van der Waals surface area contributed by atoms with Gasteiger partial charge in [0.25, 0.3) is 5.91 Å². The van der Waals surface area contributed by atoms with Gasteiger partial charge in [-0.25, -0.2) is 9.59 Å². The predicted octanol–water partition coefficient (Wildman–Crippen LogP) is -0.304. The first-order valence-corrected chi connectivity index (χ1v) is 7.69. The van der Waals surface area contributed by atoms with Gasteiger partial charge >= 0.3 is 12.1 Å². The van der Waals surface area contributed by atoms with Crippen molar-refractivity contribution in [2.24, 2.45) is 0 Å². The third-order valence-electron chi connectivity index (χ3n) is 3.90. The lowest BCUT2D eigenvalue weighted by Crippen LogP contribution is -2.57. The molecule has 2 bridgehead atoms. The summed E-state index contributed by atoms with van der Waals surface area (Å²) in [4.78, 5) is 35.4. The molecule has 1 aromatic carbocycles. The molecule has 2 aliphatic rings. The van der Waals surface area contributed by atoms with E-state index in [1.807, 2.05) is 30.3 Å². The monoisotopic (exact) mass is 350 g/mol. The summed E-state index contributed by atoms with van der Waals surface area (Å²) in [6, 6.07) is 9.21. The largest absolute Gasteiger partial charge is 0.467 e. The molecule has 2 fully saturated rings. The van der Waals surface area contributed by atoms with Crippen molar-refractivity contribution >= 4 is 18.0 Å². The zero-order valence-electron chi connectivity index (χ0n) is 13.5. The van der Waals surface area contributed by atoms with Crippen LogP contribution in [0.2, 0.25) is 0 Å². The van der Waals surface area contributed by atoms with E-state index in [2.05, 4.69) is 15.4 Å². The van der Waals surface area contributed by atoms with Crippen molar-refractivity contribution in [3.05, 3.63) is 35.9 Å². The fourth-order valence-corrected chi connectivity index (χ4v) is 2.63. The number of fused-ring (bicyclic) bond motifs is 2. The van der Waals surface area contributed by atoms with Crippen LogP contribution in [0.1, 0.15) is 5.56 Å². The first-order chi connectivity index (χ1) is 12.0. The quantitative estimate of drug-likeness (QED) is 0.701. The van der Waals surface area contributed by atoms with Gasteiger partial charge < -0.3 is 29.6 Å². The maximum Gasteiger partial charge on any atom is 0.407 e. The topological polar surface area (TPSA) is 112 Å². The number of morpholine rings is 1. The van der Waals surface area contributed by atoms with Crippen LogP contribution in [0, 0.1) is 0 Å². The van der Waals surface area contributed by atoms with Crippen LogP contribution in [0.25, 0.3) is 0 Å². The fourth-order valence-electron chi connectivity index (χ4n) is 2.63. The Hall–Kier alpha value is -2.65. The number of methoxy groups -OCH3 is 1. The van der Waals surface area contributed by atoms with Gasteiger partial charge in [-0.2, -0.15) is 0 Å². The van der Waals surface area contributed by atoms with Gasteiger partial charge in [0, 0.05) is 0 Å². The number of alkyl carbamates (subject to hydrolysis) is 1. The first kappa shape index (κ1) is 17.2. The number of hydrogen-bond donors (Lipinski definition) is 2. The van der Waals surface area contributed by atoms with Gasteiger partial charge in [-0.1, -0.05) is 30.3 Å². The summed E-state index contributed by atoms with van der Waals surface area (Å²) in [5.41, 5.74) is 0.847. The Balaban J connectivity index is 1.54. The van der Waals surface area contributed by atoms with Crippen molar-refractivity contribution in [2.75, 3.05) is 20.2 Å². The summed E-state index contributed by atoms with van der Waals surface area (Å²) in [5, 5.41) is 5.11. The maximum absolute atomic E-state index is 11.8. The smallest absolute Gasteiger partial charge is 0.407 e. The van der Waals surface area contributed by atoms with E-state index in [1.54, 1.807) is 0 Å². The molecule has 0 aromatic heterocycles. The second-order valence-corrected chi connectivity index (χ2v) is 5.64. The van der Waals surface area contributed by atoms with Crippen LogP contribution < -0.4 is 10.6 Å². The minimum atomic E-state index is -1.33. The van der Waals surface area contributed by atoms with Crippen LogP contribution in [-0.2, 0) is 35.1 Å². The molecule has 2 N–H and O–H groups in total. The molecule has 0 saturated carbocycles. The van der Waals surface area contributed by atoms with Crippen molar-refractivity contribution in [3.8, 4) is 0 Å². The molecule has 0 spiro atoms. The molecule has 134 valence electrons. The van der Waals surface area contributed by atoms with E-state index in [-0.39, 0.29) is 19.7 Å². The minimum Gasteiger partial charge on any atom is -0.467 e. The number of benzene rings is 1. The van der Waals surface area contributed by atoms with Gasteiger partial charge in [0.05, 0.1) is 20.2 Å². The van der Waals surface area contributed by atoms with Gasteiger partial charge in [0.1, 0.15) is 6.61 Å². The summed E-state index contributed by atoms with van der Waals surface area (Å²) in [6.45, 7) is 0.0191. The third kappa shape index (κ3) is 3.72. The molecule has 0 unspecified atom stereocenters. The highest BCUT2D eigenvalue weighted by molar-refractivity contribution is 5.90. The highest BCUT2D eigenvalue weighted by atomic mass is 16.8. The van der Waals surface area contributed by atoms with Crippen molar-refractivity contribution in [3.63, 3.8) is 0 Å². The van der Waals surface area contributed by atoms with Gasteiger partial charge in [-0.15, -0.1) is 0 Å². The average molecular weight is 350 g/mol. The number of esters is 1. The summed E-state index contributed by atoms with van der Waals surface area (Å²) < 4.78 is 20.8. The number of carbonyl (C=O) groups excluding carboxylic acids is 3. The lowest BCUT2D eigenvalue weighted by Gasteiger charge is -2.31. The number of ether oxygens (including phenoxy) is 4. The molecule has 2 heterocycles. The van der Waals surface area contributed by atoms with Crippen molar-refractivity contribution < 1.29 is 33.3 Å². The predicted molar refractivity (Wildman–Crippen MR) is 82.1 cm³/mol. The standard InChI is InChI=1S/C16H18N2O7/c1-22-14(20)12-11-13(19)17-8-16(24-11,25-12)9-18-15(21)23-7-10-5-3-2-4-6-10/h2-6,11-12H,7-9H2,1H3,(H,17,19)(H,18,21)/t11-,12-,16-/m1/s1. The zero-order chi connectivity index (χ0) is 17.9. The van der Waals surface area contributed by atoms with Gasteiger partial charge in [0.15, 0.2) is 12.2 Å². The Morgan fingerprint density at radius 2 is 2.08 bits per heavy atom. The van der Waals surface area contributed by atoms with E-state index < -0.39 is 36.0 Å². The molecule has 0 aliphatic carbocycles. The van der Waals surface area contributed by atoms with Crippen LogP contribution in [-0.4, -0.2) is 56.2 Å². The van der Waals surface area contributed by atoms with Crippen LogP contribution in [0.15, 0.2) is 30.3 Å². The van der Waals surface area contributed by atoms with Crippen LogP contribution >= 0.6 is 0 Å². The van der Waals surface area contributed by atoms with E-state index in [1.165, 1.54) is 7.11 Å². The van der Waals surface area contributed by atoms with Crippen LogP contribution in [0.4, 0.5) is 4.79 Å². The van der Waals surface area contributed by atoms with Crippen LogP contribution in [0.3, 0.4) is 0 Å². The van der Waals surface area contributed by atoms with E-state index in [0.29, 0.717) is 0 Å². The lowest BCUT2D eigenvalue weighted by atomic mass is 10.2. The van der Waals surface area contributed by atoms with Crippen LogP contribution in [0.5, 0.6) is 0 Å². The Bertz CT molecular complexity index is 666. The summed E-state index contributed by atoms with van der Waals surface area (Å²) in [6.07, 6.45) is -2.95. The zero-order valence-corrected chi connectivity index (χ0v) is 13.5. The second kappa shape index (κ2) is 7.08. The number of rotatable bonds is 5. The molecule has 25 heavy (non-hydrogen) atoms. The fraction of sp³-hybridized carbons (Fsp3) is 0.438. The molecule has 2 saturated heterocycles. The van der Waals surface area contributed by atoms with Crippen molar-refractivity contribution in [1.29, 1.82) is 0 Å². The molecule has 9 heteroatoms. The molecule has 1 aromatic rings. The first-order valence-electron chi connectivity index (χ1n) is 7.69. The molecular formula is C16H18N2O7. The van der Waals surface area contributed by atoms with Gasteiger partial charge in [0.2, 0.25) is 5.79 Å². The average Bonchev–Trinajstić information content (AvgIpc) is 2.97. The maximum atomic E-state index is 11.8. The third-order valence-corrected chi connectivity index (χ3v) is 3.90. The van der Waals surface area contributed by atoms with E-state index in [9.17, 15) is 14.4 Å². The molecule has 0 radical (unpaired) electrons. The normalized spacial score (nSPS) is 27.3. The van der Waals surface area contributed by atoms with Crippen molar-refractivity contribution in [2.45, 2.75) is 24.6 Å². The molecule has 2 amide bonds. The van der Waals surface area contributed by atoms with E-state index in [0.717, 1.165) is 5.56 Å². The Morgan fingerprint density at radius 3 is 2.80 bits per heavy atom. The number of nitrogens with one attached hydrogen (secondary N) is 2. The minimum absolute atomic E-state index is 0.00517. The Kier molecular flexibility index (Phi) is 4.86. The highest BCUT2D eigenvalue weighted by Crippen LogP contribution is 2.32. The molecule has 3 rings (SSSR count). The van der Waals surface area contributed by atoms with Gasteiger partial charge in [-0.05, 0) is 5.56 Å². The van der Waals surface area contributed by atoms with Gasteiger partial charge in [-0.3, -0.25) is 4.79 Å². The summed E-state index contributed by atoms with van der Waals surface area (Å²) >= 11 is 0. The Morgan fingerprint density at radius 1 is 1.32 bits per heavy atom.